The summed E-state index contributed by atoms with van der Waals surface area (Å²) in [6, 6.07) is 26.3. The van der Waals surface area contributed by atoms with Crippen LogP contribution in [0.3, 0.4) is 0 Å². The van der Waals surface area contributed by atoms with Crippen LogP contribution in [-0.4, -0.2) is 45.4 Å². The number of aliphatic carboxylic acids is 1. The number of fused-ring (bicyclic) bond motifs is 3. The zero-order valence-corrected chi connectivity index (χ0v) is 34.2. The van der Waals surface area contributed by atoms with Gasteiger partial charge in [0.25, 0.3) is 5.91 Å². The summed E-state index contributed by atoms with van der Waals surface area (Å²) in [5.41, 5.74) is 13.3. The molecule has 0 fully saturated rings. The molecule has 2 amide bonds. The van der Waals surface area contributed by atoms with Crippen LogP contribution in [0.25, 0.3) is 67.6 Å². The second-order valence-corrected chi connectivity index (χ2v) is 17.8. The molecule has 0 aliphatic carbocycles. The third kappa shape index (κ3) is 7.41. The monoisotopic (exact) mass is 802 g/mol. The Bertz CT molecular complexity index is 2730. The number of hydrogen-bond acceptors (Lipinski definition) is 8. The van der Waals surface area contributed by atoms with E-state index in [9.17, 15) is 24.8 Å². The van der Waals surface area contributed by atoms with Gasteiger partial charge in [0.1, 0.15) is 18.2 Å². The van der Waals surface area contributed by atoms with Gasteiger partial charge in [-0.05, 0) is 111 Å². The molecule has 2 aromatic carbocycles. The van der Waals surface area contributed by atoms with Gasteiger partial charge in [-0.15, -0.1) is 45.3 Å². The van der Waals surface area contributed by atoms with E-state index in [0.29, 0.717) is 0 Å². The zero-order valence-electron chi connectivity index (χ0n) is 31.0. The molecule has 5 aromatic heterocycles. The Balaban J connectivity index is 1.16. The van der Waals surface area contributed by atoms with E-state index in [4.69, 9.17) is 5.73 Å². The second-order valence-electron chi connectivity index (χ2n) is 13.5. The van der Waals surface area contributed by atoms with Gasteiger partial charge in [0.05, 0.1) is 0 Å². The molecule has 55 heavy (non-hydrogen) atoms. The first kappa shape index (κ1) is 38.0. The highest BCUT2D eigenvalue weighted by atomic mass is 32.1. The van der Waals surface area contributed by atoms with Crippen LogP contribution < -0.4 is 5.73 Å². The molecular formula is C43H38N4O4S4. The van der Waals surface area contributed by atoms with E-state index >= 15 is 0 Å². The fourth-order valence-electron chi connectivity index (χ4n) is 6.95. The Kier molecular flexibility index (Phi) is 10.7. The van der Waals surface area contributed by atoms with E-state index in [-0.39, 0.29) is 18.5 Å². The average molecular weight is 803 g/mol. The smallest absolute Gasteiger partial charge is 0.323 e. The average Bonchev–Trinajstić information content (AvgIpc) is 3.98. The minimum absolute atomic E-state index is 0.190. The number of carbonyl (C=O) groups excluding carboxylic acids is 2. The number of carbonyl (C=O) groups is 3. The topological polar surface area (TPSA) is 129 Å². The standard InChI is InChI=1S/C43H38N4O4S4/c1-6-47-31-10-8-7-9-29(31)30-19-27(11-12-32(30)47)34-16-24(3)41(53-34)36-18-26(5)42(55-36)37-17-25(4)40(54-37)35-15-23(2)33(52-35)20-28(21-44)43(51)46(22-39(49)50)14-13-38(45)48/h7-12,15-20H,6,13-14,22H2,1-5H3,(H2,45,48)(H,49,50)/b28-20+. The molecule has 7 rings (SSSR count). The van der Waals surface area contributed by atoms with Gasteiger partial charge in [-0.25, -0.2) is 0 Å². The number of nitrogens with zero attached hydrogens (tertiary/aromatic N) is 3. The van der Waals surface area contributed by atoms with Crippen LogP contribution in [0.15, 0.2) is 72.3 Å². The third-order valence-electron chi connectivity index (χ3n) is 9.62. The molecule has 5 heterocycles. The van der Waals surface area contributed by atoms with Crippen molar-refractivity contribution >= 4 is 91.0 Å². The van der Waals surface area contributed by atoms with Crippen LogP contribution >= 0.6 is 45.3 Å². The predicted octanol–water partition coefficient (Wildman–Crippen LogP) is 10.7. The number of aromatic nitrogens is 1. The lowest BCUT2D eigenvalue weighted by atomic mass is 10.1. The van der Waals surface area contributed by atoms with Crippen LogP contribution in [0.4, 0.5) is 0 Å². The summed E-state index contributed by atoms with van der Waals surface area (Å²) in [4.78, 5) is 46.0. The molecule has 0 saturated heterocycles. The first-order valence-electron chi connectivity index (χ1n) is 17.7. The van der Waals surface area contributed by atoms with Crippen LogP contribution in [0, 0.1) is 39.0 Å². The maximum atomic E-state index is 13.2. The molecule has 0 spiro atoms. The van der Waals surface area contributed by atoms with Crippen molar-refractivity contribution in [2.75, 3.05) is 13.1 Å². The molecule has 0 unspecified atom stereocenters. The van der Waals surface area contributed by atoms with Crippen LogP contribution in [0.2, 0.25) is 0 Å². The van der Waals surface area contributed by atoms with Crippen LogP contribution in [-0.2, 0) is 20.9 Å². The summed E-state index contributed by atoms with van der Waals surface area (Å²) in [6.45, 7) is 10.7. The molecule has 0 bridgehead atoms. The Morgan fingerprint density at radius 1 is 0.782 bits per heavy atom. The molecule has 0 saturated carbocycles. The minimum Gasteiger partial charge on any atom is -0.480 e. The van der Waals surface area contributed by atoms with Crippen LogP contribution in [0.5, 0.6) is 0 Å². The van der Waals surface area contributed by atoms with E-state index in [0.717, 1.165) is 37.2 Å². The molecule has 0 atom stereocenters. The normalized spacial score (nSPS) is 11.7. The van der Waals surface area contributed by atoms with Crippen molar-refractivity contribution in [3.63, 3.8) is 0 Å². The number of rotatable bonds is 12. The first-order chi connectivity index (χ1) is 26.4. The quantitative estimate of drug-likeness (QED) is 0.0938. The molecule has 7 aromatic rings. The summed E-state index contributed by atoms with van der Waals surface area (Å²) in [7, 11) is 0. The number of nitriles is 1. The van der Waals surface area contributed by atoms with E-state index in [1.165, 1.54) is 80.3 Å². The number of hydrogen-bond donors (Lipinski definition) is 2. The Morgan fingerprint density at radius 2 is 1.35 bits per heavy atom. The van der Waals surface area contributed by atoms with Crippen molar-refractivity contribution in [3.05, 3.63) is 99.4 Å². The van der Waals surface area contributed by atoms with E-state index in [1.54, 1.807) is 11.3 Å². The molecule has 0 radical (unpaired) electrons. The maximum absolute atomic E-state index is 13.2. The number of carboxylic acids is 1. The van der Waals surface area contributed by atoms with Crippen molar-refractivity contribution in [1.29, 1.82) is 5.26 Å². The fourth-order valence-corrected chi connectivity index (χ4v) is 12.1. The van der Waals surface area contributed by atoms with E-state index < -0.39 is 24.3 Å². The van der Waals surface area contributed by atoms with Gasteiger partial charge in [0, 0.05) is 80.3 Å². The Hall–Kier alpha value is -5.32. The van der Waals surface area contributed by atoms with Crippen molar-refractivity contribution in [1.82, 2.24) is 9.47 Å². The molecule has 0 aliphatic heterocycles. The number of carboxylic acid groups (broad SMARTS) is 1. The predicted molar refractivity (Wildman–Crippen MR) is 229 cm³/mol. The number of nitrogens with two attached hydrogens (primary N) is 1. The summed E-state index contributed by atoms with van der Waals surface area (Å²) >= 11 is 6.86. The Labute approximate surface area is 335 Å². The maximum Gasteiger partial charge on any atom is 0.323 e. The highest BCUT2D eigenvalue weighted by Gasteiger charge is 2.23. The van der Waals surface area contributed by atoms with Gasteiger partial charge >= 0.3 is 5.97 Å². The first-order valence-corrected chi connectivity index (χ1v) is 21.0. The van der Waals surface area contributed by atoms with Crippen molar-refractivity contribution < 1.29 is 19.5 Å². The summed E-state index contributed by atoms with van der Waals surface area (Å²) < 4.78 is 2.38. The van der Waals surface area contributed by atoms with E-state index in [2.05, 4.69) is 99.0 Å². The van der Waals surface area contributed by atoms with Gasteiger partial charge in [0.2, 0.25) is 5.91 Å². The molecule has 3 N–H and O–H groups in total. The van der Waals surface area contributed by atoms with Gasteiger partial charge in [-0.1, -0.05) is 24.3 Å². The summed E-state index contributed by atoms with van der Waals surface area (Å²) in [5, 5.41) is 21.8. The molecule has 8 nitrogen and oxygen atoms in total. The molecule has 278 valence electrons. The number of amides is 2. The van der Waals surface area contributed by atoms with Gasteiger partial charge in [-0.3, -0.25) is 14.4 Å². The highest BCUT2D eigenvalue weighted by molar-refractivity contribution is 7.29. The molecule has 0 aliphatic rings. The lowest BCUT2D eigenvalue weighted by Crippen LogP contribution is -2.38. The van der Waals surface area contributed by atoms with E-state index in [1.807, 2.05) is 35.7 Å². The molecule has 12 heteroatoms. The largest absolute Gasteiger partial charge is 0.480 e. The number of primary amides is 1. The van der Waals surface area contributed by atoms with Crippen LogP contribution in [0.1, 0.15) is 40.5 Å². The minimum atomic E-state index is -1.25. The lowest BCUT2D eigenvalue weighted by Gasteiger charge is -2.19. The van der Waals surface area contributed by atoms with Gasteiger partial charge in [0.15, 0.2) is 0 Å². The van der Waals surface area contributed by atoms with Crippen molar-refractivity contribution in [2.45, 2.75) is 47.6 Å². The zero-order chi connectivity index (χ0) is 39.1. The highest BCUT2D eigenvalue weighted by Crippen LogP contribution is 2.49. The SMILES string of the molecule is CCn1c2ccccc2c2cc(-c3cc(C)c(-c4cc(C)c(-c5cc(C)c(-c6cc(C)c(/C=C(\C#N)C(=O)N(CCC(N)=O)CC(=O)O)s6)s5)s4)s3)ccc21. The second kappa shape index (κ2) is 15.4. The number of para-hydroxylation sites is 1. The Morgan fingerprint density at radius 3 is 1.95 bits per heavy atom. The lowest BCUT2D eigenvalue weighted by molar-refractivity contribution is -0.143. The van der Waals surface area contributed by atoms with Gasteiger partial charge < -0.3 is 20.3 Å². The molecular weight excluding hydrogens is 765 g/mol. The van der Waals surface area contributed by atoms with Gasteiger partial charge in [-0.2, -0.15) is 5.26 Å². The number of benzene rings is 2. The third-order valence-corrected chi connectivity index (χ3v) is 15.1. The number of thiophene rings is 4. The van der Waals surface area contributed by atoms with Crippen molar-refractivity contribution in [2.24, 2.45) is 5.73 Å². The fraction of sp³-hybridized carbons (Fsp3) is 0.209. The summed E-state index contributed by atoms with van der Waals surface area (Å²) in [6.07, 6.45) is 1.30. The van der Waals surface area contributed by atoms with Crippen molar-refractivity contribution in [3.8, 4) is 45.8 Å². The summed E-state index contributed by atoms with van der Waals surface area (Å²) in [5.74, 6) is -2.67. The number of aryl methyl sites for hydroxylation is 5.